The summed E-state index contributed by atoms with van der Waals surface area (Å²) in [6.45, 7) is 4.01. The van der Waals surface area contributed by atoms with Gasteiger partial charge in [0.2, 0.25) is 5.91 Å². The summed E-state index contributed by atoms with van der Waals surface area (Å²) in [5.41, 5.74) is 7.53. The summed E-state index contributed by atoms with van der Waals surface area (Å²) in [6, 6.07) is 9.32. The first-order valence-electron chi connectivity index (χ1n) is 5.85. The lowest BCUT2D eigenvalue weighted by atomic mass is 10.2. The zero-order chi connectivity index (χ0) is 14.0. The third-order valence-corrected chi connectivity index (χ3v) is 4.98. The Morgan fingerprint density at radius 1 is 1.37 bits per heavy atom. The van der Waals surface area contributed by atoms with E-state index >= 15 is 0 Å². The average Bonchev–Trinajstić information content (AvgIpc) is 2.66. The number of hydrogen-bond donors (Lipinski definition) is 2. The van der Waals surface area contributed by atoms with Gasteiger partial charge in [0.05, 0.1) is 0 Å². The number of carbonyl (C=O) groups excluding carboxylic acids is 1. The molecule has 0 fully saturated rings. The standard InChI is InChI=1S/C14H15BrN2OS/c1-8-4-3-5-10(6-8)17-13(14(16)18)12-7-11(15)9(2)19-12/h3-7,13,17H,1-2H3,(H2,16,18). The van der Waals surface area contributed by atoms with Gasteiger partial charge in [0.25, 0.3) is 0 Å². The molecule has 5 heteroatoms. The summed E-state index contributed by atoms with van der Waals surface area (Å²) in [4.78, 5) is 13.7. The third-order valence-electron chi connectivity index (χ3n) is 2.77. The van der Waals surface area contributed by atoms with E-state index in [1.165, 1.54) is 0 Å². The van der Waals surface area contributed by atoms with Gasteiger partial charge in [-0.3, -0.25) is 4.79 Å². The van der Waals surface area contributed by atoms with Crippen LogP contribution in [0.2, 0.25) is 0 Å². The number of carbonyl (C=O) groups is 1. The summed E-state index contributed by atoms with van der Waals surface area (Å²) in [5, 5.41) is 3.19. The number of primary amides is 1. The highest BCUT2D eigenvalue weighted by Crippen LogP contribution is 2.32. The van der Waals surface area contributed by atoms with Gasteiger partial charge in [-0.05, 0) is 53.5 Å². The van der Waals surface area contributed by atoms with Crippen molar-refractivity contribution in [2.45, 2.75) is 19.9 Å². The Bertz CT molecular complexity index is 590. The van der Waals surface area contributed by atoms with E-state index in [1.807, 2.05) is 44.2 Å². The fourth-order valence-corrected chi connectivity index (χ4v) is 3.43. The van der Waals surface area contributed by atoms with Gasteiger partial charge in [-0.2, -0.15) is 0 Å². The van der Waals surface area contributed by atoms with Gasteiger partial charge in [-0.1, -0.05) is 12.1 Å². The summed E-state index contributed by atoms with van der Waals surface area (Å²) in [5.74, 6) is -0.379. The van der Waals surface area contributed by atoms with Crippen molar-refractivity contribution in [2.24, 2.45) is 5.73 Å². The molecular weight excluding hydrogens is 324 g/mol. The first-order valence-corrected chi connectivity index (χ1v) is 7.46. The SMILES string of the molecule is Cc1cccc(NC(C(N)=O)c2cc(Br)c(C)s2)c1. The van der Waals surface area contributed by atoms with Gasteiger partial charge in [0.1, 0.15) is 6.04 Å². The molecule has 0 saturated carbocycles. The fourth-order valence-electron chi connectivity index (χ4n) is 1.81. The summed E-state index contributed by atoms with van der Waals surface area (Å²) in [6.07, 6.45) is 0. The van der Waals surface area contributed by atoms with Crippen molar-refractivity contribution in [3.05, 3.63) is 50.1 Å². The maximum Gasteiger partial charge on any atom is 0.245 e. The van der Waals surface area contributed by atoms with Crippen LogP contribution in [0.1, 0.15) is 21.4 Å². The number of hydrogen-bond acceptors (Lipinski definition) is 3. The Labute approximate surface area is 125 Å². The molecule has 0 spiro atoms. The minimum atomic E-state index is -0.503. The molecule has 3 N–H and O–H groups in total. The minimum Gasteiger partial charge on any atom is -0.369 e. The molecule has 1 atom stereocenters. The van der Waals surface area contributed by atoms with Crippen molar-refractivity contribution in [1.29, 1.82) is 0 Å². The number of halogens is 1. The second-order valence-corrected chi connectivity index (χ2v) is 6.54. The number of anilines is 1. The molecule has 1 aromatic heterocycles. The van der Waals surface area contributed by atoms with Crippen LogP contribution < -0.4 is 11.1 Å². The van der Waals surface area contributed by atoms with Gasteiger partial charge in [-0.25, -0.2) is 0 Å². The lowest BCUT2D eigenvalue weighted by molar-refractivity contribution is -0.118. The Morgan fingerprint density at radius 3 is 2.63 bits per heavy atom. The van der Waals surface area contributed by atoms with Crippen molar-refractivity contribution in [2.75, 3.05) is 5.32 Å². The highest BCUT2D eigenvalue weighted by Gasteiger charge is 2.20. The molecule has 0 aliphatic carbocycles. The maximum atomic E-state index is 11.7. The first-order chi connectivity index (χ1) is 8.97. The number of nitrogens with two attached hydrogens (primary N) is 1. The van der Waals surface area contributed by atoms with Crippen molar-refractivity contribution in [3.8, 4) is 0 Å². The Balaban J connectivity index is 2.29. The Morgan fingerprint density at radius 2 is 2.11 bits per heavy atom. The topological polar surface area (TPSA) is 55.1 Å². The first kappa shape index (κ1) is 14.1. The molecule has 3 nitrogen and oxygen atoms in total. The van der Waals surface area contributed by atoms with Gasteiger partial charge in [0, 0.05) is 19.9 Å². The number of rotatable bonds is 4. The molecule has 1 unspecified atom stereocenters. The minimum absolute atomic E-state index is 0.379. The van der Waals surface area contributed by atoms with E-state index in [2.05, 4.69) is 21.2 Å². The van der Waals surface area contributed by atoms with Crippen LogP contribution >= 0.6 is 27.3 Å². The highest BCUT2D eigenvalue weighted by atomic mass is 79.9. The van der Waals surface area contributed by atoms with Crippen LogP contribution in [0.15, 0.2) is 34.8 Å². The fraction of sp³-hybridized carbons (Fsp3) is 0.214. The zero-order valence-electron chi connectivity index (χ0n) is 10.7. The summed E-state index contributed by atoms with van der Waals surface area (Å²) in [7, 11) is 0. The van der Waals surface area contributed by atoms with E-state index in [0.29, 0.717) is 0 Å². The molecule has 2 rings (SSSR count). The molecule has 0 aliphatic rings. The smallest absolute Gasteiger partial charge is 0.245 e. The van der Waals surface area contributed by atoms with E-state index in [9.17, 15) is 4.79 Å². The molecule has 0 aliphatic heterocycles. The second kappa shape index (κ2) is 5.75. The van der Waals surface area contributed by atoms with Gasteiger partial charge in [0.15, 0.2) is 0 Å². The molecule has 0 bridgehead atoms. The van der Waals surface area contributed by atoms with Crippen LogP contribution in [-0.4, -0.2) is 5.91 Å². The lowest BCUT2D eigenvalue weighted by Crippen LogP contribution is -2.27. The maximum absolute atomic E-state index is 11.7. The number of benzene rings is 1. The van der Waals surface area contributed by atoms with Crippen LogP contribution in [-0.2, 0) is 4.79 Å². The predicted octanol–water partition coefficient (Wildman–Crippen LogP) is 3.77. The number of nitrogens with one attached hydrogen (secondary N) is 1. The van der Waals surface area contributed by atoms with Crippen molar-refractivity contribution >= 4 is 38.9 Å². The molecule has 19 heavy (non-hydrogen) atoms. The van der Waals surface area contributed by atoms with Crippen LogP contribution in [0, 0.1) is 13.8 Å². The van der Waals surface area contributed by atoms with Crippen molar-refractivity contribution in [1.82, 2.24) is 0 Å². The second-order valence-electron chi connectivity index (χ2n) is 4.40. The summed E-state index contributed by atoms with van der Waals surface area (Å²) < 4.78 is 1.00. The van der Waals surface area contributed by atoms with Gasteiger partial charge >= 0.3 is 0 Å². The van der Waals surface area contributed by atoms with Crippen molar-refractivity contribution in [3.63, 3.8) is 0 Å². The third kappa shape index (κ3) is 3.36. The summed E-state index contributed by atoms with van der Waals surface area (Å²) >= 11 is 5.03. The van der Waals surface area contributed by atoms with Crippen LogP contribution in [0.5, 0.6) is 0 Å². The van der Waals surface area contributed by atoms with E-state index in [0.717, 1.165) is 25.5 Å². The van der Waals surface area contributed by atoms with Crippen LogP contribution in [0.3, 0.4) is 0 Å². The molecule has 1 aromatic carbocycles. The molecule has 1 heterocycles. The molecule has 2 aromatic rings. The monoisotopic (exact) mass is 338 g/mol. The molecule has 0 radical (unpaired) electrons. The normalized spacial score (nSPS) is 12.2. The predicted molar refractivity (Wildman–Crippen MR) is 83.5 cm³/mol. The molecule has 0 saturated heterocycles. The molecule has 1 amide bonds. The van der Waals surface area contributed by atoms with Crippen LogP contribution in [0.4, 0.5) is 5.69 Å². The number of aryl methyl sites for hydroxylation is 2. The molecular formula is C14H15BrN2OS. The molecule has 100 valence electrons. The number of amides is 1. The highest BCUT2D eigenvalue weighted by molar-refractivity contribution is 9.10. The zero-order valence-corrected chi connectivity index (χ0v) is 13.1. The van der Waals surface area contributed by atoms with E-state index < -0.39 is 6.04 Å². The van der Waals surface area contributed by atoms with Gasteiger partial charge in [-0.15, -0.1) is 11.3 Å². The number of thiophene rings is 1. The van der Waals surface area contributed by atoms with Gasteiger partial charge < -0.3 is 11.1 Å². The van der Waals surface area contributed by atoms with E-state index in [4.69, 9.17) is 5.73 Å². The quantitative estimate of drug-likeness (QED) is 0.891. The Hall–Kier alpha value is -1.33. The van der Waals surface area contributed by atoms with Crippen molar-refractivity contribution < 1.29 is 4.79 Å². The average molecular weight is 339 g/mol. The van der Waals surface area contributed by atoms with E-state index in [1.54, 1.807) is 11.3 Å². The van der Waals surface area contributed by atoms with E-state index in [-0.39, 0.29) is 5.91 Å². The lowest BCUT2D eigenvalue weighted by Gasteiger charge is -2.15. The Kier molecular flexibility index (Phi) is 4.27. The van der Waals surface area contributed by atoms with Crippen LogP contribution in [0.25, 0.3) is 0 Å². The largest absolute Gasteiger partial charge is 0.369 e.